The maximum atomic E-state index is 4.47. The molecule has 0 aliphatic rings. The highest BCUT2D eigenvalue weighted by Crippen LogP contribution is 2.28. The van der Waals surface area contributed by atoms with E-state index in [9.17, 15) is 0 Å². The van der Waals surface area contributed by atoms with Gasteiger partial charge in [0, 0.05) is 24.2 Å². The molecule has 1 heterocycles. The Balaban J connectivity index is 2.34. The van der Waals surface area contributed by atoms with Crippen LogP contribution < -0.4 is 0 Å². The first kappa shape index (κ1) is 15.4. The Morgan fingerprint density at radius 3 is 2.72 bits per heavy atom. The van der Waals surface area contributed by atoms with Gasteiger partial charge < -0.3 is 0 Å². The standard InChI is InChI=1S/C14H24N2SSi/c1-5-14(17-18(2,3)4)9-11-15-12-13-8-6-7-10-16-13/h6-8,10,12,14H,5,9,11H2,1-4H3. The SMILES string of the molecule is CCC(CCN=Cc1ccccn1)S[Si](C)(C)C. The molecule has 1 rings (SSSR count). The number of hydrogen-bond donors (Lipinski definition) is 0. The molecule has 1 aromatic rings. The van der Waals surface area contributed by atoms with Crippen molar-refractivity contribution < 1.29 is 0 Å². The van der Waals surface area contributed by atoms with Crippen LogP contribution in [-0.2, 0) is 0 Å². The predicted octanol–water partition coefficient (Wildman–Crippen LogP) is 4.24. The van der Waals surface area contributed by atoms with Crippen molar-refractivity contribution in [2.24, 2.45) is 4.99 Å². The molecule has 100 valence electrons. The molecule has 0 saturated carbocycles. The van der Waals surface area contributed by atoms with Gasteiger partial charge in [-0.3, -0.25) is 9.98 Å². The van der Waals surface area contributed by atoms with Crippen LogP contribution in [0.5, 0.6) is 0 Å². The topological polar surface area (TPSA) is 25.2 Å². The van der Waals surface area contributed by atoms with Crippen LogP contribution in [0.3, 0.4) is 0 Å². The smallest absolute Gasteiger partial charge is 0.108 e. The van der Waals surface area contributed by atoms with Crippen LogP contribution in [0.4, 0.5) is 0 Å². The average Bonchev–Trinajstić information content (AvgIpc) is 2.33. The van der Waals surface area contributed by atoms with E-state index in [1.165, 1.54) is 12.8 Å². The summed E-state index contributed by atoms with van der Waals surface area (Å²) in [4.78, 5) is 8.70. The number of rotatable bonds is 7. The summed E-state index contributed by atoms with van der Waals surface area (Å²) in [6, 6.07) is 5.90. The summed E-state index contributed by atoms with van der Waals surface area (Å²) >= 11 is 2.20. The molecule has 4 heteroatoms. The van der Waals surface area contributed by atoms with E-state index < -0.39 is 7.22 Å². The van der Waals surface area contributed by atoms with Crippen molar-refractivity contribution in [1.29, 1.82) is 0 Å². The third-order valence-electron chi connectivity index (χ3n) is 2.47. The van der Waals surface area contributed by atoms with Crippen LogP contribution in [-0.4, -0.2) is 30.2 Å². The summed E-state index contributed by atoms with van der Waals surface area (Å²) < 4.78 is 0. The van der Waals surface area contributed by atoms with Crippen molar-refractivity contribution in [3.8, 4) is 0 Å². The fourth-order valence-electron chi connectivity index (χ4n) is 1.68. The molecule has 0 aliphatic heterocycles. The van der Waals surface area contributed by atoms with E-state index in [1.54, 1.807) is 6.20 Å². The molecule has 0 aromatic carbocycles. The van der Waals surface area contributed by atoms with E-state index in [-0.39, 0.29) is 0 Å². The fourth-order valence-corrected chi connectivity index (χ4v) is 6.92. The van der Waals surface area contributed by atoms with E-state index in [1.807, 2.05) is 24.4 Å². The lowest BCUT2D eigenvalue weighted by Crippen LogP contribution is -2.20. The summed E-state index contributed by atoms with van der Waals surface area (Å²) in [5.74, 6) is 0. The van der Waals surface area contributed by atoms with Crippen molar-refractivity contribution in [2.75, 3.05) is 6.54 Å². The van der Waals surface area contributed by atoms with Crippen LogP contribution in [0.2, 0.25) is 19.6 Å². The number of hydrogen-bond acceptors (Lipinski definition) is 3. The Labute approximate surface area is 116 Å². The molecule has 0 aliphatic carbocycles. The van der Waals surface area contributed by atoms with Crippen LogP contribution >= 0.6 is 11.2 Å². The van der Waals surface area contributed by atoms with Crippen LogP contribution in [0.25, 0.3) is 0 Å². The molecule has 1 unspecified atom stereocenters. The van der Waals surface area contributed by atoms with E-state index in [0.29, 0.717) is 0 Å². The van der Waals surface area contributed by atoms with E-state index in [4.69, 9.17) is 0 Å². The number of nitrogens with zero attached hydrogens (tertiary/aromatic N) is 2. The molecule has 1 aromatic heterocycles. The normalized spacial score (nSPS) is 14.0. The van der Waals surface area contributed by atoms with Gasteiger partial charge in [-0.1, -0.05) is 32.6 Å². The van der Waals surface area contributed by atoms with Gasteiger partial charge in [-0.25, -0.2) is 0 Å². The van der Waals surface area contributed by atoms with E-state index in [2.05, 4.69) is 47.8 Å². The van der Waals surface area contributed by atoms with Crippen molar-refractivity contribution >= 4 is 24.6 Å². The summed E-state index contributed by atoms with van der Waals surface area (Å²) in [7, 11) is -1.01. The lowest BCUT2D eigenvalue weighted by Gasteiger charge is -2.22. The molecular formula is C14H24N2SSi. The molecule has 1 atom stereocenters. The largest absolute Gasteiger partial charge is 0.291 e. The number of aromatic nitrogens is 1. The molecule has 0 spiro atoms. The monoisotopic (exact) mass is 280 g/mol. The van der Waals surface area contributed by atoms with Gasteiger partial charge in [-0.05, 0) is 25.0 Å². The van der Waals surface area contributed by atoms with Gasteiger partial charge in [-0.15, -0.1) is 0 Å². The maximum absolute atomic E-state index is 4.47. The summed E-state index contributed by atoms with van der Waals surface area (Å²) in [5, 5.41) is 0.762. The first-order chi connectivity index (χ1) is 8.51. The highest BCUT2D eigenvalue weighted by atomic mass is 32.4. The van der Waals surface area contributed by atoms with Gasteiger partial charge in [0.05, 0.1) is 5.69 Å². The third kappa shape index (κ3) is 6.96. The van der Waals surface area contributed by atoms with Crippen molar-refractivity contribution in [3.63, 3.8) is 0 Å². The van der Waals surface area contributed by atoms with Gasteiger partial charge in [0.25, 0.3) is 0 Å². The molecule has 18 heavy (non-hydrogen) atoms. The van der Waals surface area contributed by atoms with Crippen LogP contribution in [0, 0.1) is 0 Å². The average molecular weight is 281 g/mol. The summed E-state index contributed by atoms with van der Waals surface area (Å²) in [6.07, 6.45) is 6.10. The molecular weight excluding hydrogens is 256 g/mol. The minimum absolute atomic E-state index is 0.762. The van der Waals surface area contributed by atoms with Crippen molar-refractivity contribution in [3.05, 3.63) is 30.1 Å². The molecule has 0 bridgehead atoms. The van der Waals surface area contributed by atoms with E-state index >= 15 is 0 Å². The summed E-state index contributed by atoms with van der Waals surface area (Å²) in [5.41, 5.74) is 0.948. The second-order valence-electron chi connectivity index (χ2n) is 5.34. The predicted molar refractivity (Wildman–Crippen MR) is 86.3 cm³/mol. The molecule has 0 fully saturated rings. The Hall–Kier alpha value is -0.613. The number of pyridine rings is 1. The first-order valence-corrected chi connectivity index (χ1v) is 11.7. The van der Waals surface area contributed by atoms with Gasteiger partial charge in [0.15, 0.2) is 0 Å². The summed E-state index contributed by atoms with van der Waals surface area (Å²) in [6.45, 7) is 10.4. The Kier molecular flexibility index (Phi) is 6.64. The van der Waals surface area contributed by atoms with E-state index in [0.717, 1.165) is 17.5 Å². The second-order valence-corrected chi connectivity index (χ2v) is 14.8. The van der Waals surface area contributed by atoms with Gasteiger partial charge in [0.1, 0.15) is 7.22 Å². The number of aliphatic imine (C=N–C) groups is 1. The Morgan fingerprint density at radius 2 is 2.17 bits per heavy atom. The van der Waals surface area contributed by atoms with Crippen molar-refractivity contribution in [1.82, 2.24) is 4.98 Å². The first-order valence-electron chi connectivity index (χ1n) is 6.60. The maximum Gasteiger partial charge on any atom is 0.108 e. The minimum Gasteiger partial charge on any atom is -0.291 e. The van der Waals surface area contributed by atoms with Crippen molar-refractivity contribution in [2.45, 2.75) is 44.7 Å². The highest BCUT2D eigenvalue weighted by molar-refractivity contribution is 8.29. The molecule has 0 amide bonds. The second kappa shape index (κ2) is 7.74. The molecule has 0 radical (unpaired) electrons. The zero-order chi connectivity index (χ0) is 13.4. The molecule has 0 N–H and O–H groups in total. The Morgan fingerprint density at radius 1 is 1.39 bits per heavy atom. The van der Waals surface area contributed by atoms with Gasteiger partial charge >= 0.3 is 0 Å². The lowest BCUT2D eigenvalue weighted by atomic mass is 10.2. The quantitative estimate of drug-likeness (QED) is 0.551. The van der Waals surface area contributed by atoms with Crippen LogP contribution in [0.1, 0.15) is 25.5 Å². The third-order valence-corrected chi connectivity index (χ3v) is 7.20. The minimum atomic E-state index is -1.01. The highest BCUT2D eigenvalue weighted by Gasteiger charge is 2.19. The van der Waals surface area contributed by atoms with Gasteiger partial charge in [-0.2, -0.15) is 11.2 Å². The fraction of sp³-hybridized carbons (Fsp3) is 0.571. The van der Waals surface area contributed by atoms with Gasteiger partial charge in [0.2, 0.25) is 0 Å². The molecule has 2 nitrogen and oxygen atoms in total. The lowest BCUT2D eigenvalue weighted by molar-refractivity contribution is 0.750. The Bertz CT molecular complexity index is 360. The zero-order valence-electron chi connectivity index (χ0n) is 11.9. The van der Waals surface area contributed by atoms with Crippen LogP contribution in [0.15, 0.2) is 29.4 Å². The molecule has 0 saturated heterocycles. The zero-order valence-corrected chi connectivity index (χ0v) is 13.7.